The molecule has 27 heavy (non-hydrogen) atoms. The Bertz CT molecular complexity index is 618. The van der Waals surface area contributed by atoms with Crippen molar-refractivity contribution in [1.82, 2.24) is 9.80 Å². The topological polar surface area (TPSA) is 54.4 Å². The fourth-order valence-corrected chi connectivity index (χ4v) is 4.37. The third kappa shape index (κ3) is 4.93. The van der Waals surface area contributed by atoms with Gasteiger partial charge in [0.15, 0.2) is 11.5 Å². The van der Waals surface area contributed by atoms with E-state index in [1.54, 1.807) is 0 Å². The SMILES string of the molecule is C[C@H]1CCC[C@@H]1OC[C@H](O)CN1CCN(Cc2ccc3c(c2)OCO3)CC1. The lowest BCUT2D eigenvalue weighted by Gasteiger charge is -2.35. The monoisotopic (exact) mass is 376 g/mol. The number of aliphatic hydroxyl groups is 1. The Morgan fingerprint density at radius 2 is 1.89 bits per heavy atom. The van der Waals surface area contributed by atoms with E-state index >= 15 is 0 Å². The van der Waals surface area contributed by atoms with Gasteiger partial charge < -0.3 is 19.3 Å². The molecule has 1 N–H and O–H groups in total. The quantitative estimate of drug-likeness (QED) is 0.787. The smallest absolute Gasteiger partial charge is 0.231 e. The van der Waals surface area contributed by atoms with E-state index in [9.17, 15) is 5.11 Å². The molecular formula is C21H32N2O4. The lowest BCUT2D eigenvalue weighted by Crippen LogP contribution is -2.48. The molecule has 0 aromatic heterocycles. The predicted octanol–water partition coefficient (Wildman–Crippen LogP) is 2.10. The number of piperazine rings is 1. The molecule has 1 aliphatic carbocycles. The number of fused-ring (bicyclic) bond motifs is 1. The van der Waals surface area contributed by atoms with Gasteiger partial charge in [0, 0.05) is 39.3 Å². The Labute approximate surface area is 162 Å². The molecule has 3 aliphatic rings. The number of ether oxygens (including phenoxy) is 3. The minimum absolute atomic E-state index is 0.323. The van der Waals surface area contributed by atoms with Crippen molar-refractivity contribution in [2.24, 2.45) is 5.92 Å². The first kappa shape index (κ1) is 19.0. The van der Waals surface area contributed by atoms with Crippen molar-refractivity contribution in [2.75, 3.05) is 46.1 Å². The second kappa shape index (κ2) is 8.78. The Morgan fingerprint density at radius 1 is 1.11 bits per heavy atom. The lowest BCUT2D eigenvalue weighted by atomic mass is 10.1. The van der Waals surface area contributed by atoms with Crippen LogP contribution < -0.4 is 9.47 Å². The molecule has 150 valence electrons. The zero-order valence-corrected chi connectivity index (χ0v) is 16.3. The summed E-state index contributed by atoms with van der Waals surface area (Å²) in [5.74, 6) is 2.33. The summed E-state index contributed by atoms with van der Waals surface area (Å²) in [5, 5.41) is 10.3. The zero-order valence-electron chi connectivity index (χ0n) is 16.3. The van der Waals surface area contributed by atoms with Crippen molar-refractivity contribution in [2.45, 2.75) is 44.9 Å². The maximum atomic E-state index is 10.3. The Hall–Kier alpha value is -1.34. The second-order valence-corrected chi connectivity index (χ2v) is 8.20. The number of hydrogen-bond acceptors (Lipinski definition) is 6. The summed E-state index contributed by atoms with van der Waals surface area (Å²) in [7, 11) is 0. The van der Waals surface area contributed by atoms with Crippen LogP contribution in [0.25, 0.3) is 0 Å². The summed E-state index contributed by atoms with van der Waals surface area (Å²) in [6, 6.07) is 6.19. The fraction of sp³-hybridized carbons (Fsp3) is 0.714. The van der Waals surface area contributed by atoms with E-state index in [-0.39, 0.29) is 0 Å². The molecule has 6 heteroatoms. The Kier molecular flexibility index (Phi) is 6.18. The third-order valence-corrected chi connectivity index (χ3v) is 6.06. The fourth-order valence-electron chi connectivity index (χ4n) is 4.37. The van der Waals surface area contributed by atoms with Gasteiger partial charge in [-0.2, -0.15) is 0 Å². The highest BCUT2D eigenvalue weighted by Gasteiger charge is 2.26. The van der Waals surface area contributed by atoms with Crippen LogP contribution in [0.4, 0.5) is 0 Å². The lowest BCUT2D eigenvalue weighted by molar-refractivity contribution is -0.0358. The average Bonchev–Trinajstić information content (AvgIpc) is 3.30. The van der Waals surface area contributed by atoms with E-state index in [0.29, 0.717) is 32.0 Å². The van der Waals surface area contributed by atoms with Crippen LogP contribution in [-0.4, -0.2) is 73.2 Å². The first-order chi connectivity index (χ1) is 13.2. The van der Waals surface area contributed by atoms with Gasteiger partial charge in [-0.05, 0) is 36.5 Å². The molecule has 1 saturated carbocycles. The number of rotatable bonds is 7. The van der Waals surface area contributed by atoms with Crippen molar-refractivity contribution < 1.29 is 19.3 Å². The standard InChI is InChI=1S/C21H32N2O4/c1-16-3-2-4-19(16)25-14-18(24)13-23-9-7-22(8-10-23)12-17-5-6-20-21(11-17)27-15-26-20/h5-6,11,16,18-19,24H,2-4,7-10,12-15H2,1H3/t16-,18+,19-/m0/s1. The van der Waals surface area contributed by atoms with Crippen LogP contribution in [-0.2, 0) is 11.3 Å². The summed E-state index contributed by atoms with van der Waals surface area (Å²) < 4.78 is 16.8. The van der Waals surface area contributed by atoms with Crippen LogP contribution in [0, 0.1) is 5.92 Å². The molecule has 1 saturated heterocycles. The summed E-state index contributed by atoms with van der Waals surface area (Å²) in [5.41, 5.74) is 1.26. The number of benzene rings is 1. The number of nitrogens with zero attached hydrogens (tertiary/aromatic N) is 2. The van der Waals surface area contributed by atoms with E-state index in [1.165, 1.54) is 18.4 Å². The van der Waals surface area contributed by atoms with E-state index in [2.05, 4.69) is 28.9 Å². The molecule has 3 atom stereocenters. The Morgan fingerprint density at radius 3 is 2.67 bits per heavy atom. The first-order valence-corrected chi connectivity index (χ1v) is 10.3. The van der Waals surface area contributed by atoms with Gasteiger partial charge >= 0.3 is 0 Å². The van der Waals surface area contributed by atoms with Gasteiger partial charge in [-0.25, -0.2) is 0 Å². The van der Waals surface area contributed by atoms with E-state index < -0.39 is 6.10 Å². The van der Waals surface area contributed by atoms with E-state index in [0.717, 1.165) is 50.6 Å². The molecule has 0 unspecified atom stereocenters. The molecule has 2 heterocycles. The van der Waals surface area contributed by atoms with Gasteiger partial charge in [-0.3, -0.25) is 9.80 Å². The van der Waals surface area contributed by atoms with Gasteiger partial charge in [0.2, 0.25) is 6.79 Å². The number of hydrogen-bond donors (Lipinski definition) is 1. The van der Waals surface area contributed by atoms with Crippen LogP contribution in [0.1, 0.15) is 31.7 Å². The molecule has 0 spiro atoms. The van der Waals surface area contributed by atoms with Crippen molar-refractivity contribution in [3.05, 3.63) is 23.8 Å². The number of β-amino-alcohol motifs (C(OH)–C–C–N with tert-alkyl or cyclic N) is 1. The third-order valence-electron chi connectivity index (χ3n) is 6.06. The minimum atomic E-state index is -0.391. The minimum Gasteiger partial charge on any atom is -0.454 e. The molecule has 0 amide bonds. The molecule has 2 aliphatic heterocycles. The summed E-state index contributed by atoms with van der Waals surface area (Å²) >= 11 is 0. The molecule has 1 aromatic rings. The highest BCUT2D eigenvalue weighted by molar-refractivity contribution is 5.44. The first-order valence-electron chi connectivity index (χ1n) is 10.3. The van der Waals surface area contributed by atoms with Crippen molar-refractivity contribution in [1.29, 1.82) is 0 Å². The maximum absolute atomic E-state index is 10.3. The largest absolute Gasteiger partial charge is 0.454 e. The van der Waals surface area contributed by atoms with Crippen LogP contribution in [0.2, 0.25) is 0 Å². The van der Waals surface area contributed by atoms with Crippen LogP contribution >= 0.6 is 0 Å². The molecule has 0 bridgehead atoms. The summed E-state index contributed by atoms with van der Waals surface area (Å²) in [6.45, 7) is 8.68. The van der Waals surface area contributed by atoms with Gasteiger partial charge in [-0.15, -0.1) is 0 Å². The molecule has 2 fully saturated rings. The highest BCUT2D eigenvalue weighted by Crippen LogP contribution is 2.33. The average molecular weight is 376 g/mol. The maximum Gasteiger partial charge on any atom is 0.231 e. The van der Waals surface area contributed by atoms with Gasteiger partial charge in [0.1, 0.15) is 0 Å². The van der Waals surface area contributed by atoms with Gasteiger partial charge in [-0.1, -0.05) is 19.4 Å². The summed E-state index contributed by atoms with van der Waals surface area (Å²) in [6.07, 6.45) is 3.61. The molecule has 4 rings (SSSR count). The van der Waals surface area contributed by atoms with Gasteiger partial charge in [0.05, 0.1) is 18.8 Å². The molecule has 1 aromatic carbocycles. The second-order valence-electron chi connectivity index (χ2n) is 8.20. The van der Waals surface area contributed by atoms with Crippen molar-refractivity contribution in [3.63, 3.8) is 0 Å². The van der Waals surface area contributed by atoms with E-state index in [4.69, 9.17) is 14.2 Å². The van der Waals surface area contributed by atoms with Gasteiger partial charge in [0.25, 0.3) is 0 Å². The van der Waals surface area contributed by atoms with Crippen molar-refractivity contribution >= 4 is 0 Å². The summed E-state index contributed by atoms with van der Waals surface area (Å²) in [4.78, 5) is 4.80. The molecule has 6 nitrogen and oxygen atoms in total. The van der Waals surface area contributed by atoms with Crippen LogP contribution in [0.15, 0.2) is 18.2 Å². The van der Waals surface area contributed by atoms with Crippen LogP contribution in [0.3, 0.4) is 0 Å². The normalized spacial score (nSPS) is 27.2. The predicted molar refractivity (Wildman–Crippen MR) is 103 cm³/mol. The number of aliphatic hydroxyl groups excluding tert-OH is 1. The van der Waals surface area contributed by atoms with E-state index in [1.807, 2.05) is 6.07 Å². The Balaban J connectivity index is 1.16. The molecule has 0 radical (unpaired) electrons. The van der Waals surface area contributed by atoms with Crippen molar-refractivity contribution in [3.8, 4) is 11.5 Å². The highest BCUT2D eigenvalue weighted by atomic mass is 16.7. The van der Waals surface area contributed by atoms with Crippen LogP contribution in [0.5, 0.6) is 11.5 Å². The zero-order chi connectivity index (χ0) is 18.6. The molecular weight excluding hydrogens is 344 g/mol.